The van der Waals surface area contributed by atoms with E-state index in [2.05, 4.69) is 16.0 Å². The third-order valence-electron chi connectivity index (χ3n) is 4.49. The van der Waals surface area contributed by atoms with Gasteiger partial charge in [-0.3, -0.25) is 14.4 Å². The molecule has 0 saturated heterocycles. The maximum absolute atomic E-state index is 12.8. The number of amides is 3. The van der Waals surface area contributed by atoms with E-state index >= 15 is 0 Å². The van der Waals surface area contributed by atoms with Gasteiger partial charge in [0.15, 0.2) is 0 Å². The summed E-state index contributed by atoms with van der Waals surface area (Å²) in [5.74, 6) is -3.61. The predicted molar refractivity (Wildman–Crippen MR) is 111 cm³/mol. The van der Waals surface area contributed by atoms with E-state index in [0.29, 0.717) is 38.8 Å². The molecule has 0 radical (unpaired) electrons. The molecule has 0 fully saturated rings. The molecule has 4 atom stereocenters. The number of unbranched alkanes of at least 4 members (excludes halogenated alkanes) is 2. The molecule has 0 spiro atoms. The summed E-state index contributed by atoms with van der Waals surface area (Å²) in [4.78, 5) is 48.4. The van der Waals surface area contributed by atoms with Crippen molar-refractivity contribution in [1.82, 2.24) is 16.0 Å². The second-order valence-electron chi connectivity index (χ2n) is 7.06. The molecule has 0 bridgehead atoms. The van der Waals surface area contributed by atoms with Gasteiger partial charge in [0, 0.05) is 0 Å². The van der Waals surface area contributed by atoms with Crippen LogP contribution < -0.4 is 33.2 Å². The van der Waals surface area contributed by atoms with E-state index in [1.807, 2.05) is 0 Å². The van der Waals surface area contributed by atoms with Crippen LogP contribution in [-0.4, -0.2) is 89.5 Å². The first-order chi connectivity index (χ1) is 14.7. The topological polar surface area (TPSA) is 243 Å². The predicted octanol–water partition coefficient (Wildman–Crippen LogP) is -3.90. The van der Waals surface area contributed by atoms with Crippen molar-refractivity contribution in [2.24, 2.45) is 17.2 Å². The summed E-state index contributed by atoms with van der Waals surface area (Å²) < 4.78 is 0. The number of hydrogen-bond donors (Lipinski definition) is 9. The molecule has 180 valence electrons. The average molecular weight is 449 g/mol. The normalized spacial score (nSPS) is 14.7. The van der Waals surface area contributed by atoms with Gasteiger partial charge in [-0.05, 0) is 51.6 Å². The van der Waals surface area contributed by atoms with Crippen molar-refractivity contribution in [3.8, 4) is 0 Å². The van der Waals surface area contributed by atoms with E-state index < -0.39 is 61.1 Å². The van der Waals surface area contributed by atoms with Gasteiger partial charge in [0.2, 0.25) is 17.7 Å². The van der Waals surface area contributed by atoms with Crippen LogP contribution in [0.5, 0.6) is 0 Å². The van der Waals surface area contributed by atoms with Crippen molar-refractivity contribution in [2.45, 2.75) is 62.7 Å². The minimum absolute atomic E-state index is 0.173. The monoisotopic (exact) mass is 448 g/mol. The number of aliphatic hydroxyl groups excluding tert-OH is 2. The maximum Gasteiger partial charge on any atom is 0.328 e. The number of nitrogens with one attached hydrogen (secondary N) is 3. The zero-order valence-corrected chi connectivity index (χ0v) is 17.6. The van der Waals surface area contributed by atoms with Gasteiger partial charge in [0.25, 0.3) is 0 Å². The molecule has 0 aliphatic carbocycles. The highest BCUT2D eigenvalue weighted by Crippen LogP contribution is 2.06. The second kappa shape index (κ2) is 16.4. The number of aliphatic carboxylic acids is 1. The van der Waals surface area contributed by atoms with Gasteiger partial charge in [-0.2, -0.15) is 0 Å². The molecule has 13 nitrogen and oxygen atoms in total. The molecular formula is C18H36N6O7. The van der Waals surface area contributed by atoms with Gasteiger partial charge >= 0.3 is 5.97 Å². The lowest BCUT2D eigenvalue weighted by atomic mass is 10.0. The van der Waals surface area contributed by atoms with Crippen LogP contribution in [0.25, 0.3) is 0 Å². The lowest BCUT2D eigenvalue weighted by Gasteiger charge is -2.25. The first-order valence-electron chi connectivity index (χ1n) is 10.2. The molecule has 0 aromatic rings. The lowest BCUT2D eigenvalue weighted by molar-refractivity contribution is -0.143. The van der Waals surface area contributed by atoms with Gasteiger partial charge in [-0.15, -0.1) is 0 Å². The fourth-order valence-corrected chi connectivity index (χ4v) is 2.61. The summed E-state index contributed by atoms with van der Waals surface area (Å²) in [7, 11) is 0. The largest absolute Gasteiger partial charge is 0.480 e. The summed E-state index contributed by atoms with van der Waals surface area (Å²) >= 11 is 0. The van der Waals surface area contributed by atoms with Crippen molar-refractivity contribution in [3.05, 3.63) is 0 Å². The smallest absolute Gasteiger partial charge is 0.328 e. The van der Waals surface area contributed by atoms with Crippen LogP contribution in [0.1, 0.15) is 38.5 Å². The highest BCUT2D eigenvalue weighted by molar-refractivity contribution is 5.94. The van der Waals surface area contributed by atoms with E-state index in [1.165, 1.54) is 0 Å². The molecule has 0 aromatic carbocycles. The van der Waals surface area contributed by atoms with Crippen LogP contribution in [0, 0.1) is 0 Å². The Labute approximate surface area is 181 Å². The van der Waals surface area contributed by atoms with Gasteiger partial charge < -0.3 is 48.5 Å². The molecule has 0 saturated carbocycles. The van der Waals surface area contributed by atoms with E-state index in [4.69, 9.17) is 32.5 Å². The molecule has 4 unspecified atom stereocenters. The zero-order valence-electron chi connectivity index (χ0n) is 17.6. The molecule has 3 amide bonds. The summed E-state index contributed by atoms with van der Waals surface area (Å²) in [6.45, 7) is -0.667. The van der Waals surface area contributed by atoms with E-state index in [1.54, 1.807) is 0 Å². The van der Waals surface area contributed by atoms with Crippen molar-refractivity contribution in [2.75, 3.05) is 26.3 Å². The molecular weight excluding hydrogens is 412 g/mol. The third-order valence-corrected chi connectivity index (χ3v) is 4.49. The number of rotatable bonds is 17. The molecule has 0 heterocycles. The standard InChI is InChI=1S/C18H36N6O7/c19-7-3-1-5-12(22-15(27)11(21)9-25)16(28)23-13(6-2-4-8-20)17(29)24-14(10-26)18(30)31/h11-14,25-26H,1-10,19-21H2,(H,22,27)(H,23,28)(H,24,29)(H,30,31). The Morgan fingerprint density at radius 1 is 0.677 bits per heavy atom. The number of carboxylic acid groups (broad SMARTS) is 1. The second-order valence-corrected chi connectivity index (χ2v) is 7.06. The Morgan fingerprint density at radius 3 is 1.45 bits per heavy atom. The zero-order chi connectivity index (χ0) is 23.8. The minimum atomic E-state index is -1.52. The maximum atomic E-state index is 12.8. The van der Waals surface area contributed by atoms with Crippen LogP contribution in [-0.2, 0) is 19.2 Å². The number of nitrogens with two attached hydrogens (primary N) is 3. The molecule has 13 heteroatoms. The molecule has 0 aliphatic rings. The van der Waals surface area contributed by atoms with Crippen LogP contribution in [0.2, 0.25) is 0 Å². The van der Waals surface area contributed by atoms with E-state index in [0.717, 1.165) is 0 Å². The Kier molecular flexibility index (Phi) is 15.2. The average Bonchev–Trinajstić information content (AvgIpc) is 2.74. The van der Waals surface area contributed by atoms with Crippen LogP contribution in [0.15, 0.2) is 0 Å². The number of carboxylic acids is 1. The van der Waals surface area contributed by atoms with Gasteiger partial charge in [0.05, 0.1) is 13.2 Å². The van der Waals surface area contributed by atoms with Crippen LogP contribution in [0.3, 0.4) is 0 Å². The van der Waals surface area contributed by atoms with Crippen LogP contribution >= 0.6 is 0 Å². The molecule has 0 aliphatic heterocycles. The number of aliphatic hydroxyl groups is 2. The summed E-state index contributed by atoms with van der Waals surface area (Å²) in [6.07, 6.45) is 2.56. The van der Waals surface area contributed by atoms with Crippen molar-refractivity contribution >= 4 is 23.7 Å². The SMILES string of the molecule is NCCCCC(NC(=O)C(N)CO)C(=O)NC(CCCCN)C(=O)NC(CO)C(=O)O. The summed E-state index contributed by atoms with van der Waals surface area (Å²) in [5, 5.41) is 34.3. The van der Waals surface area contributed by atoms with E-state index in [-0.39, 0.29) is 12.8 Å². The van der Waals surface area contributed by atoms with Crippen LogP contribution in [0.4, 0.5) is 0 Å². The number of carbonyl (C=O) groups excluding carboxylic acids is 3. The summed E-state index contributed by atoms with van der Waals surface area (Å²) in [5.41, 5.74) is 16.4. The van der Waals surface area contributed by atoms with E-state index in [9.17, 15) is 19.2 Å². The van der Waals surface area contributed by atoms with Crippen molar-refractivity contribution in [3.63, 3.8) is 0 Å². The number of carbonyl (C=O) groups is 4. The van der Waals surface area contributed by atoms with Crippen molar-refractivity contribution in [1.29, 1.82) is 0 Å². The van der Waals surface area contributed by atoms with Crippen molar-refractivity contribution < 1.29 is 34.5 Å². The fraction of sp³-hybridized carbons (Fsp3) is 0.778. The quantitative estimate of drug-likeness (QED) is 0.0978. The highest BCUT2D eigenvalue weighted by atomic mass is 16.4. The summed E-state index contributed by atoms with van der Waals surface area (Å²) in [6, 6.07) is -4.87. The first kappa shape index (κ1) is 28.7. The lowest BCUT2D eigenvalue weighted by Crippen LogP contribution is -2.57. The molecule has 0 rings (SSSR count). The minimum Gasteiger partial charge on any atom is -0.480 e. The molecule has 31 heavy (non-hydrogen) atoms. The Bertz CT molecular complexity index is 578. The molecule has 0 aromatic heterocycles. The fourth-order valence-electron chi connectivity index (χ4n) is 2.61. The third kappa shape index (κ3) is 11.6. The Balaban J connectivity index is 5.34. The number of hydrogen-bond acceptors (Lipinski definition) is 9. The highest BCUT2D eigenvalue weighted by Gasteiger charge is 2.29. The van der Waals surface area contributed by atoms with Gasteiger partial charge in [0.1, 0.15) is 24.2 Å². The molecule has 12 N–H and O–H groups in total. The van der Waals surface area contributed by atoms with Gasteiger partial charge in [-0.25, -0.2) is 4.79 Å². The Morgan fingerprint density at radius 2 is 1.10 bits per heavy atom. The Hall–Kier alpha value is -2.32. The van der Waals surface area contributed by atoms with Gasteiger partial charge in [-0.1, -0.05) is 0 Å². The first-order valence-corrected chi connectivity index (χ1v) is 10.2.